The third kappa shape index (κ3) is 6.40. The van der Waals surface area contributed by atoms with Gasteiger partial charge in [-0.3, -0.25) is 4.79 Å². The molecular formula is C42H44F4N6O5. The molecule has 2 atom stereocenters. The maximum absolute atomic E-state index is 14.9. The normalized spacial score (nSPS) is 30.9. The Morgan fingerprint density at radius 1 is 0.895 bits per heavy atom. The van der Waals surface area contributed by atoms with Crippen molar-refractivity contribution in [2.75, 3.05) is 18.0 Å². The van der Waals surface area contributed by atoms with Gasteiger partial charge >= 0.3 is 12.1 Å². The number of amides is 1. The second-order valence-electron chi connectivity index (χ2n) is 17.2. The monoisotopic (exact) mass is 788 g/mol. The molecule has 4 saturated carbocycles. The maximum Gasteiger partial charge on any atom is 0.434 e. The van der Waals surface area contributed by atoms with E-state index in [2.05, 4.69) is 24.8 Å². The molecular weight excluding hydrogens is 744 g/mol. The summed E-state index contributed by atoms with van der Waals surface area (Å²) in [6.45, 7) is 1.26. The van der Waals surface area contributed by atoms with Crippen LogP contribution in [0.15, 0.2) is 48.9 Å². The van der Waals surface area contributed by atoms with Crippen molar-refractivity contribution in [2.24, 2.45) is 23.7 Å². The number of pyridine rings is 1. The number of aliphatic carboxylic acids is 1. The smallest absolute Gasteiger partial charge is 0.434 e. The number of carboxylic acid groups (broad SMARTS) is 1. The summed E-state index contributed by atoms with van der Waals surface area (Å²) >= 11 is 0. The highest BCUT2D eigenvalue weighted by molar-refractivity contribution is 6.00. The summed E-state index contributed by atoms with van der Waals surface area (Å²) in [5.74, 6) is -1.47. The summed E-state index contributed by atoms with van der Waals surface area (Å²) in [5.41, 5.74) is -2.28. The third-order valence-corrected chi connectivity index (χ3v) is 13.9. The van der Waals surface area contributed by atoms with Crippen molar-refractivity contribution in [1.82, 2.24) is 24.8 Å². The first kappa shape index (κ1) is 36.5. The number of ether oxygens (including phenoxy) is 2. The van der Waals surface area contributed by atoms with Crippen LogP contribution in [0.25, 0.3) is 22.2 Å². The number of aromatic nitrogens is 4. The molecule has 11 rings (SSSR count). The largest absolute Gasteiger partial charge is 0.490 e. The molecule has 3 saturated heterocycles. The number of alkyl halides is 3. The first-order valence-electron chi connectivity index (χ1n) is 20.2. The number of benzene rings is 1. The molecule has 3 aromatic heterocycles. The molecule has 1 amide bonds. The highest BCUT2D eigenvalue weighted by atomic mass is 19.4. The standard InChI is InChI=1S/C42H44F4N6O5/c43-26-19-47-40(48-20-26)51-9-7-28(8-10-51)56-31-3-4-32-34(21-52(36(32)18-31)27-16-29-1-2-30(17-27)57-29)35-6-5-33(37(49-35)42(44,45)46)38(53)50-41(39(54)55)24-12-22-11-23(14-24)15-25(41)13-22/h3-6,18-25,27-30H,1-2,7-17H2,(H,50,53)(H,54,55). The molecule has 2 N–H and O–H groups in total. The van der Waals surface area contributed by atoms with E-state index in [1.807, 2.05) is 29.3 Å². The maximum atomic E-state index is 14.9. The van der Waals surface area contributed by atoms with Gasteiger partial charge in [-0.2, -0.15) is 13.2 Å². The van der Waals surface area contributed by atoms with Gasteiger partial charge < -0.3 is 29.4 Å². The minimum absolute atomic E-state index is 0.0435. The predicted molar refractivity (Wildman–Crippen MR) is 199 cm³/mol. The number of hydrogen-bond donors (Lipinski definition) is 2. The fourth-order valence-electron chi connectivity index (χ4n) is 11.5. The highest BCUT2D eigenvalue weighted by Crippen LogP contribution is 2.58. The van der Waals surface area contributed by atoms with E-state index in [-0.39, 0.29) is 41.9 Å². The van der Waals surface area contributed by atoms with Gasteiger partial charge in [0.15, 0.2) is 11.5 Å². The molecule has 57 heavy (non-hydrogen) atoms. The van der Waals surface area contributed by atoms with Gasteiger partial charge in [-0.05, 0) is 106 Å². The van der Waals surface area contributed by atoms with Crippen LogP contribution in [0.1, 0.15) is 92.7 Å². The Hall–Kier alpha value is -4.79. The Labute approximate surface area is 326 Å². The number of anilines is 1. The van der Waals surface area contributed by atoms with Crippen LogP contribution in [-0.2, 0) is 15.7 Å². The van der Waals surface area contributed by atoms with E-state index in [0.29, 0.717) is 86.1 Å². The molecule has 15 heteroatoms. The Bertz CT molecular complexity index is 2180. The van der Waals surface area contributed by atoms with Crippen LogP contribution in [0.3, 0.4) is 0 Å². The number of halogens is 4. The topological polar surface area (TPSA) is 132 Å². The van der Waals surface area contributed by atoms with E-state index in [9.17, 15) is 32.3 Å². The lowest BCUT2D eigenvalue weighted by Gasteiger charge is -2.59. The number of hydrogen-bond acceptors (Lipinski definition) is 8. The molecule has 1 aromatic carbocycles. The number of nitrogens with one attached hydrogen (secondary N) is 1. The van der Waals surface area contributed by atoms with E-state index in [4.69, 9.17) is 9.47 Å². The van der Waals surface area contributed by atoms with Crippen LogP contribution in [0, 0.1) is 29.5 Å². The molecule has 4 aromatic rings. The van der Waals surface area contributed by atoms with Gasteiger partial charge in [0.2, 0.25) is 5.95 Å². The van der Waals surface area contributed by atoms with Crippen molar-refractivity contribution < 1.29 is 41.7 Å². The van der Waals surface area contributed by atoms with Gasteiger partial charge in [0.05, 0.1) is 41.4 Å². The average molecular weight is 789 g/mol. The molecule has 0 radical (unpaired) electrons. The summed E-state index contributed by atoms with van der Waals surface area (Å²) < 4.78 is 72.9. The van der Waals surface area contributed by atoms with Gasteiger partial charge in [-0.1, -0.05) is 0 Å². The average Bonchev–Trinajstić information content (AvgIpc) is 3.74. The minimum Gasteiger partial charge on any atom is -0.490 e. The van der Waals surface area contributed by atoms with Crippen LogP contribution in [0.2, 0.25) is 0 Å². The number of carbonyl (C=O) groups is 2. The second-order valence-corrected chi connectivity index (χ2v) is 17.2. The second kappa shape index (κ2) is 13.7. The predicted octanol–water partition coefficient (Wildman–Crippen LogP) is 7.59. The SMILES string of the molecule is O=C(NC1(C(=O)O)C2CC3CC(C2)CC1C3)c1ccc(-c2cn(C3CC4CCC(C3)O4)c3cc(OC4CCN(c5ncc(F)cn5)CC4)ccc23)nc1C(F)(F)F. The molecule has 7 aliphatic rings. The molecule has 4 aliphatic carbocycles. The van der Waals surface area contributed by atoms with Crippen molar-refractivity contribution in [3.8, 4) is 17.0 Å². The lowest BCUT2D eigenvalue weighted by molar-refractivity contribution is -0.163. The minimum atomic E-state index is -4.99. The highest BCUT2D eigenvalue weighted by Gasteiger charge is 2.62. The van der Waals surface area contributed by atoms with Gasteiger partial charge in [-0.25, -0.2) is 24.1 Å². The number of piperidine rings is 1. The first-order chi connectivity index (χ1) is 27.4. The zero-order valence-electron chi connectivity index (χ0n) is 31.3. The molecule has 0 spiro atoms. The summed E-state index contributed by atoms with van der Waals surface area (Å²) in [7, 11) is 0. The molecule has 6 heterocycles. The number of carbonyl (C=O) groups excluding carboxylic acids is 1. The summed E-state index contributed by atoms with van der Waals surface area (Å²) in [6.07, 6.45) is 7.81. The zero-order chi connectivity index (χ0) is 39.2. The Morgan fingerprint density at radius 3 is 2.19 bits per heavy atom. The van der Waals surface area contributed by atoms with E-state index < -0.39 is 40.7 Å². The summed E-state index contributed by atoms with van der Waals surface area (Å²) in [4.78, 5) is 41.2. The Balaban J connectivity index is 0.963. The molecule has 300 valence electrons. The van der Waals surface area contributed by atoms with E-state index in [1.54, 1.807) is 0 Å². The first-order valence-corrected chi connectivity index (χ1v) is 20.2. The Morgan fingerprint density at radius 2 is 1.56 bits per heavy atom. The Kier molecular flexibility index (Phi) is 8.76. The van der Waals surface area contributed by atoms with Gasteiger partial charge in [0.1, 0.15) is 17.4 Å². The van der Waals surface area contributed by atoms with Crippen molar-refractivity contribution in [2.45, 2.75) is 107 Å². The van der Waals surface area contributed by atoms with Crippen LogP contribution in [0.5, 0.6) is 5.75 Å². The van der Waals surface area contributed by atoms with Crippen LogP contribution >= 0.6 is 0 Å². The molecule has 3 aliphatic heterocycles. The van der Waals surface area contributed by atoms with Gasteiger partial charge in [0.25, 0.3) is 5.91 Å². The van der Waals surface area contributed by atoms with E-state index >= 15 is 0 Å². The van der Waals surface area contributed by atoms with Gasteiger partial charge in [0, 0.05) is 55.2 Å². The van der Waals surface area contributed by atoms with E-state index in [1.165, 1.54) is 6.07 Å². The molecule has 11 nitrogen and oxygen atoms in total. The molecule has 2 unspecified atom stereocenters. The van der Waals surface area contributed by atoms with Crippen LogP contribution < -0.4 is 15.0 Å². The lowest BCUT2D eigenvalue weighted by Crippen LogP contribution is -2.70. The van der Waals surface area contributed by atoms with Crippen molar-refractivity contribution in [1.29, 1.82) is 0 Å². The lowest BCUT2D eigenvalue weighted by atomic mass is 9.48. The summed E-state index contributed by atoms with van der Waals surface area (Å²) in [5, 5.41) is 13.9. The number of fused-ring (bicyclic) bond motifs is 3. The fourth-order valence-corrected chi connectivity index (χ4v) is 11.5. The number of carboxylic acids is 1. The quantitative estimate of drug-likeness (QED) is 0.174. The van der Waals surface area contributed by atoms with Crippen molar-refractivity contribution in [3.05, 3.63) is 66.0 Å². The van der Waals surface area contributed by atoms with Crippen LogP contribution in [0.4, 0.5) is 23.5 Å². The van der Waals surface area contributed by atoms with Gasteiger partial charge in [-0.15, -0.1) is 0 Å². The number of nitrogens with zero attached hydrogens (tertiary/aromatic N) is 5. The van der Waals surface area contributed by atoms with Crippen molar-refractivity contribution in [3.63, 3.8) is 0 Å². The molecule has 7 fully saturated rings. The van der Waals surface area contributed by atoms with E-state index in [0.717, 1.165) is 56.1 Å². The third-order valence-electron chi connectivity index (χ3n) is 13.9. The number of rotatable bonds is 8. The fraction of sp³-hybridized carbons (Fsp3) is 0.548. The van der Waals surface area contributed by atoms with Crippen molar-refractivity contribution >= 4 is 28.7 Å². The molecule has 6 bridgehead atoms. The van der Waals surface area contributed by atoms with Crippen LogP contribution in [-0.4, -0.2) is 73.4 Å². The summed E-state index contributed by atoms with van der Waals surface area (Å²) in [6, 6.07) is 8.23. The zero-order valence-corrected chi connectivity index (χ0v) is 31.3.